The van der Waals surface area contributed by atoms with Crippen LogP contribution in [0.3, 0.4) is 0 Å². The van der Waals surface area contributed by atoms with Crippen LogP contribution < -0.4 is 5.32 Å². The molecule has 150 valence electrons. The lowest BCUT2D eigenvalue weighted by molar-refractivity contribution is -0.147. The maximum absolute atomic E-state index is 13.1. The fourth-order valence-electron chi connectivity index (χ4n) is 2.37. The van der Waals surface area contributed by atoms with Crippen LogP contribution in [0.1, 0.15) is 12.3 Å². The van der Waals surface area contributed by atoms with Crippen molar-refractivity contribution in [3.8, 4) is 11.3 Å². The van der Waals surface area contributed by atoms with E-state index < -0.39 is 24.3 Å². The average molecular weight is 421 g/mol. The third-order valence-corrected chi connectivity index (χ3v) is 4.08. The number of hydrogen-bond acceptors (Lipinski definition) is 5. The lowest BCUT2D eigenvalue weighted by Crippen LogP contribution is -2.21. The third-order valence-electron chi connectivity index (χ3n) is 3.79. The Morgan fingerprint density at radius 1 is 1.14 bits per heavy atom. The molecule has 1 N–H and O–H groups in total. The van der Waals surface area contributed by atoms with Gasteiger partial charge in [0.05, 0.1) is 17.6 Å². The van der Waals surface area contributed by atoms with Crippen molar-refractivity contribution >= 4 is 29.2 Å². The molecule has 1 heterocycles. The van der Waals surface area contributed by atoms with Crippen LogP contribution in [0.4, 0.5) is 14.5 Å². The fraction of sp³-hybridized carbons (Fsp3) is 0.150. The summed E-state index contributed by atoms with van der Waals surface area (Å²) in [7, 11) is 0. The molecule has 0 radical (unpaired) electrons. The zero-order valence-electron chi connectivity index (χ0n) is 15.0. The molecule has 29 heavy (non-hydrogen) atoms. The average Bonchev–Trinajstić information content (AvgIpc) is 3.17. The number of amides is 1. The summed E-state index contributed by atoms with van der Waals surface area (Å²) in [6.07, 6.45) is 1.61. The summed E-state index contributed by atoms with van der Waals surface area (Å²) in [6.45, 7) is -0.500. The molecule has 3 rings (SSSR count). The van der Waals surface area contributed by atoms with Crippen molar-refractivity contribution in [3.63, 3.8) is 0 Å². The fourth-order valence-corrected chi connectivity index (χ4v) is 2.55. The predicted molar refractivity (Wildman–Crippen MR) is 101 cm³/mol. The summed E-state index contributed by atoms with van der Waals surface area (Å²) in [6, 6.07) is 9.42. The Morgan fingerprint density at radius 2 is 1.90 bits per heavy atom. The molecular formula is C20H15ClF2N2O4. The number of rotatable bonds is 7. The van der Waals surface area contributed by atoms with Gasteiger partial charge in [-0.15, -0.1) is 0 Å². The number of anilines is 1. The molecule has 0 fully saturated rings. The van der Waals surface area contributed by atoms with Crippen molar-refractivity contribution in [2.45, 2.75) is 12.8 Å². The van der Waals surface area contributed by atoms with E-state index in [9.17, 15) is 18.4 Å². The molecule has 0 saturated heterocycles. The highest BCUT2D eigenvalue weighted by molar-refractivity contribution is 6.31. The van der Waals surface area contributed by atoms with E-state index in [1.807, 2.05) is 0 Å². The highest BCUT2D eigenvalue weighted by Crippen LogP contribution is 2.21. The lowest BCUT2D eigenvalue weighted by atomic mass is 10.2. The van der Waals surface area contributed by atoms with Gasteiger partial charge in [-0.1, -0.05) is 11.6 Å². The number of benzene rings is 2. The molecule has 0 spiro atoms. The van der Waals surface area contributed by atoms with Crippen molar-refractivity contribution in [3.05, 3.63) is 71.2 Å². The Bertz CT molecular complexity index is 1020. The molecule has 0 atom stereocenters. The van der Waals surface area contributed by atoms with E-state index in [0.29, 0.717) is 17.2 Å². The van der Waals surface area contributed by atoms with Crippen LogP contribution in [0.15, 0.2) is 53.1 Å². The number of ether oxygens (including phenoxy) is 1. The van der Waals surface area contributed by atoms with Gasteiger partial charge in [-0.25, -0.2) is 13.8 Å². The molecular weight excluding hydrogens is 406 g/mol. The first kappa shape index (κ1) is 20.5. The number of halogens is 3. The second kappa shape index (κ2) is 9.29. The lowest BCUT2D eigenvalue weighted by Gasteiger charge is -2.07. The van der Waals surface area contributed by atoms with Gasteiger partial charge in [-0.2, -0.15) is 0 Å². The minimum atomic E-state index is -0.612. The Balaban J connectivity index is 1.43. The Kier molecular flexibility index (Phi) is 6.56. The summed E-state index contributed by atoms with van der Waals surface area (Å²) >= 11 is 5.63. The molecule has 0 saturated carbocycles. The minimum absolute atomic E-state index is 0.0426. The minimum Gasteiger partial charge on any atom is -0.456 e. The number of hydrogen-bond donors (Lipinski definition) is 1. The molecule has 6 nitrogen and oxygen atoms in total. The van der Waals surface area contributed by atoms with E-state index in [4.69, 9.17) is 20.8 Å². The molecule has 3 aromatic rings. The summed E-state index contributed by atoms with van der Waals surface area (Å²) in [5.41, 5.74) is 0.941. The van der Waals surface area contributed by atoms with Crippen LogP contribution in [0, 0.1) is 11.6 Å². The number of oxazole rings is 1. The van der Waals surface area contributed by atoms with Crippen LogP contribution in [0.2, 0.25) is 5.02 Å². The highest BCUT2D eigenvalue weighted by atomic mass is 35.5. The molecule has 9 heteroatoms. The summed E-state index contributed by atoms with van der Waals surface area (Å²) in [4.78, 5) is 27.7. The normalized spacial score (nSPS) is 10.6. The summed E-state index contributed by atoms with van der Waals surface area (Å²) in [5, 5.41) is 2.31. The van der Waals surface area contributed by atoms with E-state index in [1.165, 1.54) is 30.5 Å². The number of nitrogens with one attached hydrogen (secondary N) is 1. The first-order valence-electron chi connectivity index (χ1n) is 8.52. The second-order valence-corrected chi connectivity index (χ2v) is 6.37. The first-order chi connectivity index (χ1) is 13.9. The Labute approximate surface area is 169 Å². The second-order valence-electron chi connectivity index (χ2n) is 5.96. The van der Waals surface area contributed by atoms with Gasteiger partial charge < -0.3 is 14.5 Å². The first-order valence-corrected chi connectivity index (χ1v) is 8.89. The summed E-state index contributed by atoms with van der Waals surface area (Å²) < 4.78 is 36.5. The van der Waals surface area contributed by atoms with Crippen molar-refractivity contribution in [1.29, 1.82) is 0 Å². The highest BCUT2D eigenvalue weighted by Gasteiger charge is 2.12. The number of carbonyl (C=O) groups excluding carboxylic acids is 2. The SMILES string of the molecule is O=C(COC(=O)CCc1ncc(-c2ccc(F)cc2)o1)Nc1ccc(F)c(Cl)c1. The molecule has 0 bridgehead atoms. The molecule has 2 aromatic carbocycles. The molecule has 0 aliphatic heterocycles. The van der Waals surface area contributed by atoms with Gasteiger partial charge in [0.25, 0.3) is 5.91 Å². The van der Waals surface area contributed by atoms with Crippen LogP contribution in [0.25, 0.3) is 11.3 Å². The molecule has 0 unspecified atom stereocenters. The topological polar surface area (TPSA) is 81.4 Å². The predicted octanol–water partition coefficient (Wildman–Crippen LogP) is 4.39. The maximum Gasteiger partial charge on any atom is 0.306 e. The standard InChI is InChI=1S/C20H15ClF2N2O4/c21-15-9-14(5-6-16(15)23)25-18(26)11-28-20(27)8-7-19-24-10-17(29-19)12-1-3-13(22)4-2-12/h1-6,9-10H,7-8,11H2,(H,25,26). The largest absolute Gasteiger partial charge is 0.456 e. The van der Waals surface area contributed by atoms with E-state index in [2.05, 4.69) is 10.3 Å². The molecule has 1 aromatic heterocycles. The zero-order chi connectivity index (χ0) is 20.8. The Hall–Kier alpha value is -3.26. The van der Waals surface area contributed by atoms with E-state index >= 15 is 0 Å². The van der Waals surface area contributed by atoms with Crippen molar-refractivity contribution < 1.29 is 27.5 Å². The number of aromatic nitrogens is 1. The van der Waals surface area contributed by atoms with Crippen LogP contribution >= 0.6 is 11.6 Å². The van der Waals surface area contributed by atoms with Crippen molar-refractivity contribution in [2.75, 3.05) is 11.9 Å². The van der Waals surface area contributed by atoms with Crippen LogP contribution in [0.5, 0.6) is 0 Å². The van der Waals surface area contributed by atoms with E-state index in [1.54, 1.807) is 12.1 Å². The molecule has 1 amide bonds. The quantitative estimate of drug-likeness (QED) is 0.573. The van der Waals surface area contributed by atoms with Gasteiger partial charge in [0.15, 0.2) is 18.3 Å². The number of esters is 1. The van der Waals surface area contributed by atoms with Gasteiger partial charge in [0.1, 0.15) is 11.6 Å². The van der Waals surface area contributed by atoms with Crippen molar-refractivity contribution in [1.82, 2.24) is 4.98 Å². The van der Waals surface area contributed by atoms with Gasteiger partial charge >= 0.3 is 5.97 Å². The Morgan fingerprint density at radius 3 is 2.62 bits per heavy atom. The third kappa shape index (κ3) is 5.86. The van der Waals surface area contributed by atoms with Gasteiger partial charge in [0, 0.05) is 17.7 Å². The van der Waals surface area contributed by atoms with Crippen molar-refractivity contribution in [2.24, 2.45) is 0 Å². The zero-order valence-corrected chi connectivity index (χ0v) is 15.7. The summed E-state index contributed by atoms with van der Waals surface area (Å²) in [5.74, 6) is -1.40. The number of aryl methyl sites for hydroxylation is 1. The van der Waals surface area contributed by atoms with E-state index in [0.717, 1.165) is 6.07 Å². The van der Waals surface area contributed by atoms with Gasteiger partial charge in [-0.3, -0.25) is 9.59 Å². The molecule has 0 aliphatic carbocycles. The number of nitrogens with zero attached hydrogens (tertiary/aromatic N) is 1. The number of carbonyl (C=O) groups is 2. The van der Waals surface area contributed by atoms with Gasteiger partial charge in [0.2, 0.25) is 0 Å². The van der Waals surface area contributed by atoms with Gasteiger partial charge in [-0.05, 0) is 42.5 Å². The smallest absolute Gasteiger partial charge is 0.306 e. The van der Waals surface area contributed by atoms with E-state index in [-0.39, 0.29) is 29.4 Å². The van der Waals surface area contributed by atoms with Crippen LogP contribution in [-0.2, 0) is 20.7 Å². The maximum atomic E-state index is 13.1. The van der Waals surface area contributed by atoms with Crippen LogP contribution in [-0.4, -0.2) is 23.5 Å². The monoisotopic (exact) mass is 420 g/mol. The molecule has 0 aliphatic rings.